The Morgan fingerprint density at radius 1 is 1.37 bits per heavy atom. The van der Waals surface area contributed by atoms with Crippen LogP contribution in [0, 0.1) is 0 Å². The molecule has 0 aromatic carbocycles. The number of ether oxygens (including phenoxy) is 1. The smallest absolute Gasteiger partial charge is 0.225 e. The van der Waals surface area contributed by atoms with Gasteiger partial charge < -0.3 is 15.0 Å². The van der Waals surface area contributed by atoms with Crippen LogP contribution in [0.2, 0.25) is 0 Å². The first-order chi connectivity index (χ1) is 9.21. The average molecular weight is 268 g/mol. The quantitative estimate of drug-likeness (QED) is 0.800. The van der Waals surface area contributed by atoms with Crippen LogP contribution in [-0.4, -0.2) is 49.2 Å². The first-order valence-corrected chi connectivity index (χ1v) is 7.76. The van der Waals surface area contributed by atoms with Crippen molar-refractivity contribution >= 4 is 5.91 Å². The highest BCUT2D eigenvalue weighted by atomic mass is 16.5. The minimum atomic E-state index is -0.143. The molecule has 2 aliphatic rings. The van der Waals surface area contributed by atoms with Crippen molar-refractivity contribution in [1.29, 1.82) is 0 Å². The number of nitrogens with zero attached hydrogens (tertiary/aromatic N) is 1. The van der Waals surface area contributed by atoms with Gasteiger partial charge in [-0.25, -0.2) is 0 Å². The van der Waals surface area contributed by atoms with E-state index in [4.69, 9.17) is 4.74 Å². The van der Waals surface area contributed by atoms with Crippen LogP contribution < -0.4 is 5.32 Å². The molecule has 1 amide bonds. The van der Waals surface area contributed by atoms with Crippen molar-refractivity contribution in [2.45, 2.75) is 63.5 Å². The Morgan fingerprint density at radius 3 is 2.53 bits per heavy atom. The van der Waals surface area contributed by atoms with Crippen molar-refractivity contribution in [3.05, 3.63) is 0 Å². The summed E-state index contributed by atoms with van der Waals surface area (Å²) in [5.74, 6) is 0.301. The molecule has 2 fully saturated rings. The lowest BCUT2D eigenvalue weighted by Crippen LogP contribution is -2.50. The molecule has 0 spiro atoms. The number of rotatable bonds is 6. The lowest BCUT2D eigenvalue weighted by atomic mass is 9.77. The summed E-state index contributed by atoms with van der Waals surface area (Å²) in [7, 11) is 1.75. The number of nitrogens with one attached hydrogen (secondary N) is 1. The molecule has 4 nitrogen and oxygen atoms in total. The molecule has 1 N–H and O–H groups in total. The molecule has 1 saturated heterocycles. The van der Waals surface area contributed by atoms with Gasteiger partial charge in [-0.1, -0.05) is 6.92 Å². The molecule has 0 bridgehead atoms. The van der Waals surface area contributed by atoms with E-state index in [2.05, 4.69) is 17.1 Å². The SMILES string of the molecule is CCCN(C(=O)CC1(OC)CCC1)C1CCNCC1. The van der Waals surface area contributed by atoms with Crippen molar-refractivity contribution < 1.29 is 9.53 Å². The number of carbonyl (C=O) groups is 1. The summed E-state index contributed by atoms with van der Waals surface area (Å²) < 4.78 is 5.60. The third-order valence-corrected chi connectivity index (χ3v) is 4.71. The maximum atomic E-state index is 12.6. The molecular formula is C15H28N2O2. The first kappa shape index (κ1) is 14.8. The molecule has 0 atom stereocenters. The molecule has 0 radical (unpaired) electrons. The number of carbonyl (C=O) groups excluding carboxylic acids is 1. The molecule has 1 aliphatic carbocycles. The summed E-state index contributed by atoms with van der Waals surface area (Å²) >= 11 is 0. The second kappa shape index (κ2) is 6.71. The van der Waals surface area contributed by atoms with Crippen molar-refractivity contribution in [2.75, 3.05) is 26.7 Å². The first-order valence-electron chi connectivity index (χ1n) is 7.76. The van der Waals surface area contributed by atoms with E-state index in [9.17, 15) is 4.79 Å². The zero-order valence-electron chi connectivity index (χ0n) is 12.4. The van der Waals surface area contributed by atoms with Gasteiger partial charge in [0.25, 0.3) is 0 Å². The topological polar surface area (TPSA) is 41.6 Å². The molecule has 19 heavy (non-hydrogen) atoms. The number of methoxy groups -OCH3 is 1. The largest absolute Gasteiger partial charge is 0.378 e. The van der Waals surface area contributed by atoms with Gasteiger partial charge in [0.05, 0.1) is 12.0 Å². The Bertz CT molecular complexity index is 291. The van der Waals surface area contributed by atoms with Crippen molar-refractivity contribution in [3.63, 3.8) is 0 Å². The standard InChI is InChI=1S/C15H28N2O2/c1-3-11-17(13-5-9-16-10-6-13)14(18)12-15(19-2)7-4-8-15/h13,16H,3-12H2,1-2H3. The summed E-state index contributed by atoms with van der Waals surface area (Å²) in [5.41, 5.74) is -0.143. The normalized spacial score (nSPS) is 22.8. The molecule has 110 valence electrons. The third-order valence-electron chi connectivity index (χ3n) is 4.71. The molecule has 2 rings (SSSR count). The van der Waals surface area contributed by atoms with E-state index in [1.54, 1.807) is 7.11 Å². The van der Waals surface area contributed by atoms with E-state index < -0.39 is 0 Å². The Hall–Kier alpha value is -0.610. The summed E-state index contributed by atoms with van der Waals surface area (Å²) in [5, 5.41) is 3.37. The minimum Gasteiger partial charge on any atom is -0.378 e. The predicted octanol–water partition coefficient (Wildman–Crippen LogP) is 1.94. The van der Waals surface area contributed by atoms with E-state index in [1.807, 2.05) is 0 Å². The highest BCUT2D eigenvalue weighted by molar-refractivity contribution is 5.77. The highest BCUT2D eigenvalue weighted by Gasteiger charge is 2.40. The Kier molecular flexibility index (Phi) is 5.22. The van der Waals surface area contributed by atoms with Crippen LogP contribution in [0.5, 0.6) is 0 Å². The highest BCUT2D eigenvalue weighted by Crippen LogP contribution is 2.38. The average Bonchev–Trinajstić information content (AvgIpc) is 2.41. The van der Waals surface area contributed by atoms with Gasteiger partial charge in [0, 0.05) is 19.7 Å². The van der Waals surface area contributed by atoms with Crippen LogP contribution in [0.25, 0.3) is 0 Å². The summed E-state index contributed by atoms with van der Waals surface area (Å²) in [6.07, 6.45) is 7.08. The maximum Gasteiger partial charge on any atom is 0.225 e. The lowest BCUT2D eigenvalue weighted by Gasteiger charge is -2.42. The second-order valence-electron chi connectivity index (χ2n) is 5.99. The van der Waals surface area contributed by atoms with Gasteiger partial charge in [0.1, 0.15) is 0 Å². The fraction of sp³-hybridized carbons (Fsp3) is 0.933. The van der Waals surface area contributed by atoms with E-state index in [0.29, 0.717) is 18.4 Å². The van der Waals surface area contributed by atoms with Gasteiger partial charge in [-0.05, 0) is 51.6 Å². The molecule has 0 aromatic rings. The fourth-order valence-electron chi connectivity index (χ4n) is 3.27. The van der Waals surface area contributed by atoms with E-state index in [-0.39, 0.29) is 5.60 Å². The van der Waals surface area contributed by atoms with E-state index in [1.165, 1.54) is 6.42 Å². The molecule has 0 unspecified atom stereocenters. The van der Waals surface area contributed by atoms with Crippen molar-refractivity contribution in [2.24, 2.45) is 0 Å². The third kappa shape index (κ3) is 3.48. The number of amides is 1. The zero-order chi connectivity index (χ0) is 13.7. The van der Waals surface area contributed by atoms with Gasteiger partial charge in [-0.15, -0.1) is 0 Å². The van der Waals surface area contributed by atoms with Crippen molar-refractivity contribution in [3.8, 4) is 0 Å². The van der Waals surface area contributed by atoms with Crippen LogP contribution in [0.4, 0.5) is 0 Å². The van der Waals surface area contributed by atoms with Crippen LogP contribution in [0.3, 0.4) is 0 Å². The number of hydrogen-bond acceptors (Lipinski definition) is 3. The lowest BCUT2D eigenvalue weighted by molar-refractivity contribution is -0.146. The number of hydrogen-bond donors (Lipinski definition) is 1. The predicted molar refractivity (Wildman–Crippen MR) is 76.1 cm³/mol. The second-order valence-corrected chi connectivity index (χ2v) is 5.99. The minimum absolute atomic E-state index is 0.143. The van der Waals surface area contributed by atoms with E-state index in [0.717, 1.165) is 51.7 Å². The molecule has 1 heterocycles. The van der Waals surface area contributed by atoms with Gasteiger partial charge in [0.15, 0.2) is 0 Å². The molecule has 0 aromatic heterocycles. The van der Waals surface area contributed by atoms with Crippen molar-refractivity contribution in [1.82, 2.24) is 10.2 Å². The Balaban J connectivity index is 1.95. The molecule has 1 aliphatic heterocycles. The van der Waals surface area contributed by atoms with Crippen LogP contribution in [-0.2, 0) is 9.53 Å². The Labute approximate surface area is 116 Å². The fourth-order valence-corrected chi connectivity index (χ4v) is 3.27. The van der Waals surface area contributed by atoms with Crippen LogP contribution in [0.1, 0.15) is 51.9 Å². The number of piperidine rings is 1. The van der Waals surface area contributed by atoms with E-state index >= 15 is 0 Å². The monoisotopic (exact) mass is 268 g/mol. The molecular weight excluding hydrogens is 240 g/mol. The van der Waals surface area contributed by atoms with Gasteiger partial charge in [-0.2, -0.15) is 0 Å². The Morgan fingerprint density at radius 2 is 2.05 bits per heavy atom. The van der Waals surface area contributed by atoms with Crippen LogP contribution >= 0.6 is 0 Å². The maximum absolute atomic E-state index is 12.6. The summed E-state index contributed by atoms with van der Waals surface area (Å²) in [6.45, 7) is 5.11. The van der Waals surface area contributed by atoms with Gasteiger partial charge in [0.2, 0.25) is 5.91 Å². The summed E-state index contributed by atoms with van der Waals surface area (Å²) in [4.78, 5) is 14.8. The summed E-state index contributed by atoms with van der Waals surface area (Å²) in [6, 6.07) is 0.433. The van der Waals surface area contributed by atoms with Gasteiger partial charge in [-0.3, -0.25) is 4.79 Å². The molecule has 4 heteroatoms. The zero-order valence-corrected chi connectivity index (χ0v) is 12.4. The van der Waals surface area contributed by atoms with Gasteiger partial charge >= 0.3 is 0 Å². The molecule has 1 saturated carbocycles. The van der Waals surface area contributed by atoms with Crippen LogP contribution in [0.15, 0.2) is 0 Å².